The molecule has 2 aliphatic rings. The number of carbonyl (C=O) groups is 1. The molecule has 30 heavy (non-hydrogen) atoms. The minimum Gasteiger partial charge on any atom is -0.366 e. The van der Waals surface area contributed by atoms with Crippen LogP contribution >= 0.6 is 11.8 Å². The number of halogens is 1. The number of benzene rings is 2. The highest BCUT2D eigenvalue weighted by Crippen LogP contribution is 2.35. The first-order valence-corrected chi connectivity index (χ1v) is 10.3. The van der Waals surface area contributed by atoms with E-state index in [9.17, 15) is 19.3 Å². The maximum Gasteiger partial charge on any atom is 0.286 e. The molecule has 9 heteroatoms. The second-order valence-electron chi connectivity index (χ2n) is 6.99. The molecule has 0 atom stereocenters. The highest BCUT2D eigenvalue weighted by Gasteiger charge is 2.30. The molecular formula is C21H19FN4O3S. The van der Waals surface area contributed by atoms with Gasteiger partial charge in [-0.05, 0) is 54.1 Å². The third-order valence-electron chi connectivity index (χ3n) is 5.18. The first kappa shape index (κ1) is 20.1. The Balaban J connectivity index is 1.44. The van der Waals surface area contributed by atoms with Crippen LogP contribution in [0.3, 0.4) is 0 Å². The molecule has 2 aromatic carbocycles. The quantitative estimate of drug-likeness (QED) is 0.421. The summed E-state index contributed by atoms with van der Waals surface area (Å²) in [6.45, 7) is 4.36. The van der Waals surface area contributed by atoms with E-state index in [1.165, 1.54) is 30.0 Å². The number of amidine groups is 1. The summed E-state index contributed by atoms with van der Waals surface area (Å²) in [4.78, 5) is 31.6. The molecule has 1 fully saturated rings. The molecule has 2 aromatic rings. The molecule has 2 heterocycles. The lowest BCUT2D eigenvalue weighted by molar-refractivity contribution is -0.384. The van der Waals surface area contributed by atoms with E-state index < -0.39 is 4.92 Å². The number of allylic oxidation sites excluding steroid dienone is 1. The van der Waals surface area contributed by atoms with Gasteiger partial charge in [0.05, 0.1) is 15.5 Å². The first-order valence-electron chi connectivity index (χ1n) is 9.45. The maximum atomic E-state index is 14.0. The Labute approximate surface area is 177 Å². The van der Waals surface area contributed by atoms with Crippen LogP contribution in [0, 0.1) is 15.9 Å². The number of nitrogens with zero attached hydrogens (tertiary/aromatic N) is 4. The van der Waals surface area contributed by atoms with E-state index in [1.54, 1.807) is 24.3 Å². The number of non-ortho nitro benzene ring substituents is 1. The smallest absolute Gasteiger partial charge is 0.286 e. The zero-order valence-electron chi connectivity index (χ0n) is 16.2. The van der Waals surface area contributed by atoms with Gasteiger partial charge in [0.1, 0.15) is 5.82 Å². The van der Waals surface area contributed by atoms with Crippen LogP contribution in [-0.2, 0) is 4.79 Å². The van der Waals surface area contributed by atoms with Crippen LogP contribution in [0.4, 0.5) is 15.8 Å². The molecule has 1 saturated heterocycles. The highest BCUT2D eigenvalue weighted by molar-refractivity contribution is 8.18. The number of rotatable bonds is 3. The number of amides is 1. The zero-order valence-corrected chi connectivity index (χ0v) is 17.1. The lowest BCUT2D eigenvalue weighted by Gasteiger charge is -2.36. The standard InChI is InChI=1S/C21H19FN4O3S/c1-14(15-6-8-16(9-7-15)26(28)29)19-20(27)23-21(30-19)25-12-10-24(11-13-25)18-5-3-2-4-17(18)22/h2-9H,10-13H2,1H3/b19-14-. The molecule has 0 bridgehead atoms. The van der Waals surface area contributed by atoms with E-state index in [2.05, 4.69) is 4.99 Å². The van der Waals surface area contributed by atoms with Crippen LogP contribution in [0.25, 0.3) is 5.57 Å². The van der Waals surface area contributed by atoms with E-state index in [0.29, 0.717) is 41.9 Å². The monoisotopic (exact) mass is 426 g/mol. The normalized spacial score (nSPS) is 18.5. The molecule has 0 N–H and O–H groups in total. The second kappa shape index (κ2) is 8.27. The number of thioether (sulfide) groups is 1. The number of nitro benzene ring substituents is 1. The molecule has 2 aliphatic heterocycles. The third kappa shape index (κ3) is 3.93. The summed E-state index contributed by atoms with van der Waals surface area (Å²) in [6.07, 6.45) is 0. The predicted octanol–water partition coefficient (Wildman–Crippen LogP) is 3.92. The summed E-state index contributed by atoms with van der Waals surface area (Å²) in [7, 11) is 0. The number of anilines is 1. The van der Waals surface area contributed by atoms with Gasteiger partial charge < -0.3 is 9.80 Å². The van der Waals surface area contributed by atoms with Crippen LogP contribution in [0.15, 0.2) is 58.4 Å². The van der Waals surface area contributed by atoms with Gasteiger partial charge in [-0.15, -0.1) is 0 Å². The van der Waals surface area contributed by atoms with Gasteiger partial charge in [0.25, 0.3) is 11.6 Å². The van der Waals surface area contributed by atoms with Gasteiger partial charge in [0.15, 0.2) is 5.17 Å². The predicted molar refractivity (Wildman–Crippen MR) is 116 cm³/mol. The molecule has 0 spiro atoms. The molecule has 0 radical (unpaired) electrons. The summed E-state index contributed by atoms with van der Waals surface area (Å²) in [6, 6.07) is 12.8. The van der Waals surface area contributed by atoms with E-state index in [4.69, 9.17) is 0 Å². The Morgan fingerprint density at radius 2 is 1.70 bits per heavy atom. The Morgan fingerprint density at radius 1 is 1.07 bits per heavy atom. The van der Waals surface area contributed by atoms with Crippen molar-refractivity contribution in [3.63, 3.8) is 0 Å². The fraction of sp³-hybridized carbons (Fsp3) is 0.238. The van der Waals surface area contributed by atoms with E-state index in [1.807, 2.05) is 22.8 Å². The van der Waals surface area contributed by atoms with Crippen molar-refractivity contribution in [3.05, 3.63) is 74.9 Å². The van der Waals surface area contributed by atoms with Gasteiger partial charge in [-0.3, -0.25) is 14.9 Å². The minimum absolute atomic E-state index is 0.00612. The molecule has 0 aromatic heterocycles. The van der Waals surface area contributed by atoms with Gasteiger partial charge in [0, 0.05) is 38.3 Å². The van der Waals surface area contributed by atoms with Crippen LogP contribution in [0.5, 0.6) is 0 Å². The molecule has 0 saturated carbocycles. The first-order chi connectivity index (χ1) is 14.4. The summed E-state index contributed by atoms with van der Waals surface area (Å²) in [5.74, 6) is -0.542. The van der Waals surface area contributed by atoms with Crippen molar-refractivity contribution in [3.8, 4) is 0 Å². The van der Waals surface area contributed by atoms with Crippen molar-refractivity contribution in [2.24, 2.45) is 4.99 Å². The number of para-hydroxylation sites is 1. The van der Waals surface area contributed by atoms with Gasteiger partial charge in [-0.1, -0.05) is 12.1 Å². The van der Waals surface area contributed by atoms with Crippen LogP contribution in [0.2, 0.25) is 0 Å². The number of nitro groups is 1. The van der Waals surface area contributed by atoms with Gasteiger partial charge in [-0.2, -0.15) is 4.99 Å². The molecule has 7 nitrogen and oxygen atoms in total. The fourth-order valence-electron chi connectivity index (χ4n) is 3.48. The fourth-order valence-corrected chi connectivity index (χ4v) is 4.51. The number of hydrogen-bond donors (Lipinski definition) is 0. The molecular weight excluding hydrogens is 407 g/mol. The highest BCUT2D eigenvalue weighted by atomic mass is 32.2. The SMILES string of the molecule is C/C(=C1/SC(N2CCN(c3ccccc3F)CC2)=NC1=O)c1ccc([N+](=O)[O-])cc1. The molecule has 0 aliphatic carbocycles. The molecule has 154 valence electrons. The van der Waals surface area contributed by atoms with Crippen molar-refractivity contribution >= 4 is 39.8 Å². The van der Waals surface area contributed by atoms with Gasteiger partial charge in [0.2, 0.25) is 0 Å². The lowest BCUT2D eigenvalue weighted by atomic mass is 10.1. The number of hydrogen-bond acceptors (Lipinski definition) is 6. The molecule has 0 unspecified atom stereocenters. The molecule has 1 amide bonds. The van der Waals surface area contributed by atoms with Crippen molar-refractivity contribution in [1.82, 2.24) is 4.90 Å². The Morgan fingerprint density at radius 3 is 2.33 bits per heavy atom. The van der Waals surface area contributed by atoms with Crippen molar-refractivity contribution in [2.75, 3.05) is 31.1 Å². The Hall–Kier alpha value is -3.20. The third-order valence-corrected chi connectivity index (χ3v) is 6.40. The summed E-state index contributed by atoms with van der Waals surface area (Å²) >= 11 is 1.32. The van der Waals surface area contributed by atoms with E-state index in [-0.39, 0.29) is 17.4 Å². The second-order valence-corrected chi connectivity index (χ2v) is 7.96. The molecule has 4 rings (SSSR count). The number of aliphatic imine (C=N–C) groups is 1. The van der Waals surface area contributed by atoms with E-state index in [0.717, 1.165) is 11.1 Å². The number of carbonyl (C=O) groups excluding carboxylic acids is 1. The van der Waals surface area contributed by atoms with Gasteiger partial charge in [-0.25, -0.2) is 4.39 Å². The number of piperazine rings is 1. The maximum absolute atomic E-state index is 14.0. The van der Waals surface area contributed by atoms with Gasteiger partial charge >= 0.3 is 0 Å². The Kier molecular flexibility index (Phi) is 5.54. The zero-order chi connectivity index (χ0) is 21.3. The van der Waals surface area contributed by atoms with Crippen molar-refractivity contribution in [1.29, 1.82) is 0 Å². The summed E-state index contributed by atoms with van der Waals surface area (Å²) in [5.41, 5.74) is 2.08. The average molecular weight is 426 g/mol. The van der Waals surface area contributed by atoms with Crippen LogP contribution < -0.4 is 4.90 Å². The minimum atomic E-state index is -0.454. The topological polar surface area (TPSA) is 79.0 Å². The van der Waals surface area contributed by atoms with Crippen LogP contribution in [-0.4, -0.2) is 47.1 Å². The van der Waals surface area contributed by atoms with E-state index >= 15 is 0 Å². The summed E-state index contributed by atoms with van der Waals surface area (Å²) < 4.78 is 14.0. The largest absolute Gasteiger partial charge is 0.366 e. The van der Waals surface area contributed by atoms with Crippen molar-refractivity contribution in [2.45, 2.75) is 6.92 Å². The summed E-state index contributed by atoms with van der Waals surface area (Å²) in [5, 5.41) is 11.5. The van der Waals surface area contributed by atoms with Crippen LogP contribution in [0.1, 0.15) is 12.5 Å². The Bertz CT molecular complexity index is 1060. The lowest BCUT2D eigenvalue weighted by Crippen LogP contribution is -2.48. The average Bonchev–Trinajstić information content (AvgIpc) is 3.15. The van der Waals surface area contributed by atoms with Crippen molar-refractivity contribution < 1.29 is 14.1 Å².